The van der Waals surface area contributed by atoms with Crippen molar-refractivity contribution in [2.45, 2.75) is 79.2 Å². The summed E-state index contributed by atoms with van der Waals surface area (Å²) >= 11 is 0. The van der Waals surface area contributed by atoms with E-state index in [9.17, 15) is 4.79 Å². The molecule has 5 rings (SSSR count). The number of aromatic amines is 1. The van der Waals surface area contributed by atoms with Crippen molar-refractivity contribution in [3.63, 3.8) is 0 Å². The van der Waals surface area contributed by atoms with E-state index in [4.69, 9.17) is 4.74 Å². The molecule has 9 nitrogen and oxygen atoms in total. The quantitative estimate of drug-likeness (QED) is 0.335. The molecular weight excluding hydrogens is 526 g/mol. The Morgan fingerprint density at radius 3 is 2.43 bits per heavy atom. The maximum Gasteiger partial charge on any atom is 0.323 e. The predicted octanol–water partition coefficient (Wildman–Crippen LogP) is 4.61. The van der Waals surface area contributed by atoms with E-state index in [-0.39, 0.29) is 17.4 Å². The molecule has 0 amide bonds. The molecule has 1 N–H and O–H groups in total. The van der Waals surface area contributed by atoms with Crippen molar-refractivity contribution < 1.29 is 9.53 Å². The maximum absolute atomic E-state index is 13.1. The van der Waals surface area contributed by atoms with Crippen LogP contribution < -0.4 is 0 Å². The summed E-state index contributed by atoms with van der Waals surface area (Å²) in [7, 11) is 2.03. The molecule has 42 heavy (non-hydrogen) atoms. The van der Waals surface area contributed by atoms with Crippen LogP contribution >= 0.6 is 0 Å². The lowest BCUT2D eigenvalue weighted by Gasteiger charge is -2.41. The number of H-pyrrole nitrogens is 1. The Hall–Kier alpha value is -3.01. The number of benzene rings is 1. The van der Waals surface area contributed by atoms with Gasteiger partial charge in [0, 0.05) is 58.0 Å². The molecule has 1 aromatic carbocycles. The number of carbonyl (C=O) groups excluding carboxylic acids is 1. The SMILES string of the molecule is CCOC(=O)[C@@H]1CC2(CCN(CC(C)(C)C)CC2)CN1Cc1ccc(CN(Cc2ncc[nH]2)Cc2nccn2C)cc1. The third kappa shape index (κ3) is 7.88. The van der Waals surface area contributed by atoms with Crippen LogP contribution in [0, 0.1) is 10.8 Å². The van der Waals surface area contributed by atoms with Crippen molar-refractivity contribution in [2.24, 2.45) is 17.9 Å². The monoisotopic (exact) mass is 575 g/mol. The van der Waals surface area contributed by atoms with Gasteiger partial charge in [0.15, 0.2) is 0 Å². The number of ether oxygens (including phenoxy) is 1. The van der Waals surface area contributed by atoms with Gasteiger partial charge in [0.2, 0.25) is 0 Å². The molecule has 2 fully saturated rings. The van der Waals surface area contributed by atoms with E-state index in [2.05, 4.69) is 79.3 Å². The summed E-state index contributed by atoms with van der Waals surface area (Å²) in [6.07, 6.45) is 10.7. The first-order valence-electron chi connectivity index (χ1n) is 15.5. The second-order valence-corrected chi connectivity index (χ2v) is 13.7. The second kappa shape index (κ2) is 13.1. The number of aryl methyl sites for hydroxylation is 1. The molecule has 0 bridgehead atoms. The summed E-state index contributed by atoms with van der Waals surface area (Å²) in [4.78, 5) is 32.6. The molecule has 2 aromatic heterocycles. The Balaban J connectivity index is 1.24. The predicted molar refractivity (Wildman–Crippen MR) is 164 cm³/mol. The molecule has 4 heterocycles. The van der Waals surface area contributed by atoms with Gasteiger partial charge in [-0.25, -0.2) is 9.97 Å². The van der Waals surface area contributed by atoms with E-state index in [0.717, 1.165) is 76.7 Å². The van der Waals surface area contributed by atoms with Crippen LogP contribution in [0.1, 0.15) is 69.7 Å². The number of hydrogen-bond donors (Lipinski definition) is 1. The Morgan fingerprint density at radius 1 is 1.07 bits per heavy atom. The van der Waals surface area contributed by atoms with Gasteiger partial charge < -0.3 is 19.2 Å². The number of likely N-dealkylation sites (tertiary alicyclic amines) is 2. The van der Waals surface area contributed by atoms with E-state index in [1.165, 1.54) is 11.1 Å². The number of aromatic nitrogens is 4. The number of hydrogen-bond acceptors (Lipinski definition) is 7. The lowest BCUT2D eigenvalue weighted by Crippen LogP contribution is -2.44. The van der Waals surface area contributed by atoms with Gasteiger partial charge in [-0.15, -0.1) is 0 Å². The first-order valence-corrected chi connectivity index (χ1v) is 15.5. The van der Waals surface area contributed by atoms with Gasteiger partial charge >= 0.3 is 5.97 Å². The molecule has 0 aliphatic carbocycles. The van der Waals surface area contributed by atoms with E-state index < -0.39 is 0 Å². The summed E-state index contributed by atoms with van der Waals surface area (Å²) in [6.45, 7) is 16.6. The molecule has 2 aliphatic heterocycles. The highest BCUT2D eigenvalue weighted by atomic mass is 16.5. The van der Waals surface area contributed by atoms with Crippen LogP contribution in [0.3, 0.4) is 0 Å². The molecule has 0 saturated carbocycles. The molecule has 0 radical (unpaired) electrons. The summed E-state index contributed by atoms with van der Waals surface area (Å²) in [5, 5.41) is 0. The van der Waals surface area contributed by atoms with E-state index in [1.807, 2.05) is 32.6 Å². The van der Waals surface area contributed by atoms with Crippen LogP contribution in [0.2, 0.25) is 0 Å². The molecular formula is C33H49N7O2. The summed E-state index contributed by atoms with van der Waals surface area (Å²) in [5.41, 5.74) is 2.98. The van der Waals surface area contributed by atoms with Gasteiger partial charge in [-0.1, -0.05) is 45.0 Å². The molecule has 1 spiro atoms. The molecule has 2 saturated heterocycles. The van der Waals surface area contributed by atoms with Crippen molar-refractivity contribution in [1.29, 1.82) is 0 Å². The number of rotatable bonds is 11. The van der Waals surface area contributed by atoms with Gasteiger partial charge in [0.1, 0.15) is 17.7 Å². The normalized spacial score (nSPS) is 19.6. The number of esters is 1. The fraction of sp³-hybridized carbons (Fsp3) is 0.606. The summed E-state index contributed by atoms with van der Waals surface area (Å²) < 4.78 is 7.63. The third-order valence-corrected chi connectivity index (χ3v) is 8.81. The number of nitrogens with zero attached hydrogens (tertiary/aromatic N) is 6. The standard InChI is InChI=1S/C33H49N7O2/c1-6-42-31(41)28-19-33(11-16-38(17-12-33)24-32(2,3)4)25-40(28)21-27-9-7-26(8-10-27)20-39(22-29-34-13-14-35-29)23-30-36-15-18-37(30)5/h7-10,13-15,18,28H,6,11-12,16-17,19-25H2,1-5H3,(H,34,35)/t28-/m0/s1. The zero-order valence-electron chi connectivity index (χ0n) is 26.2. The van der Waals surface area contributed by atoms with Crippen molar-refractivity contribution in [2.75, 3.05) is 32.8 Å². The summed E-state index contributed by atoms with van der Waals surface area (Å²) in [5.74, 6) is 1.90. The average molecular weight is 576 g/mol. The lowest BCUT2D eigenvalue weighted by atomic mass is 9.76. The minimum atomic E-state index is -0.166. The number of imidazole rings is 2. The molecule has 1 atom stereocenters. The third-order valence-electron chi connectivity index (χ3n) is 8.81. The first kappa shape index (κ1) is 30.4. The highest BCUT2D eigenvalue weighted by molar-refractivity contribution is 5.76. The Labute approximate surface area is 251 Å². The van der Waals surface area contributed by atoms with Gasteiger partial charge in [0.25, 0.3) is 0 Å². The first-order chi connectivity index (χ1) is 20.1. The van der Waals surface area contributed by atoms with Crippen LogP contribution in [0.4, 0.5) is 0 Å². The average Bonchev–Trinajstić information content (AvgIpc) is 3.68. The number of nitrogens with one attached hydrogen (secondary N) is 1. The fourth-order valence-electron chi connectivity index (χ4n) is 6.76. The molecule has 3 aromatic rings. The zero-order valence-corrected chi connectivity index (χ0v) is 26.2. The van der Waals surface area contributed by atoms with Gasteiger partial charge in [-0.3, -0.25) is 14.6 Å². The van der Waals surface area contributed by atoms with Gasteiger partial charge in [0.05, 0.1) is 19.7 Å². The minimum absolute atomic E-state index is 0.0639. The van der Waals surface area contributed by atoms with Gasteiger partial charge in [-0.05, 0) is 61.2 Å². The van der Waals surface area contributed by atoms with Gasteiger partial charge in [-0.2, -0.15) is 0 Å². The molecule has 2 aliphatic rings. The Kier molecular flexibility index (Phi) is 9.50. The number of piperidine rings is 1. The zero-order chi connectivity index (χ0) is 29.7. The highest BCUT2D eigenvalue weighted by Crippen LogP contribution is 2.44. The molecule has 0 unspecified atom stereocenters. The van der Waals surface area contributed by atoms with Crippen LogP contribution in [0.5, 0.6) is 0 Å². The van der Waals surface area contributed by atoms with Crippen molar-refractivity contribution in [3.05, 3.63) is 71.8 Å². The van der Waals surface area contributed by atoms with Crippen molar-refractivity contribution in [1.82, 2.24) is 34.2 Å². The van der Waals surface area contributed by atoms with Crippen LogP contribution in [-0.4, -0.2) is 79.0 Å². The van der Waals surface area contributed by atoms with E-state index >= 15 is 0 Å². The Morgan fingerprint density at radius 2 is 1.81 bits per heavy atom. The topological polar surface area (TPSA) is 82.5 Å². The number of carbonyl (C=O) groups is 1. The fourth-order valence-corrected chi connectivity index (χ4v) is 6.76. The van der Waals surface area contributed by atoms with Crippen LogP contribution in [0.25, 0.3) is 0 Å². The smallest absolute Gasteiger partial charge is 0.323 e. The van der Waals surface area contributed by atoms with Crippen molar-refractivity contribution in [3.8, 4) is 0 Å². The minimum Gasteiger partial charge on any atom is -0.465 e. The molecule has 228 valence electrons. The van der Waals surface area contributed by atoms with E-state index in [0.29, 0.717) is 18.6 Å². The highest BCUT2D eigenvalue weighted by Gasteiger charge is 2.48. The van der Waals surface area contributed by atoms with E-state index in [1.54, 1.807) is 6.20 Å². The molecule has 9 heteroatoms. The largest absolute Gasteiger partial charge is 0.465 e. The maximum atomic E-state index is 13.1. The lowest BCUT2D eigenvalue weighted by molar-refractivity contribution is -0.148. The second-order valence-electron chi connectivity index (χ2n) is 13.7. The van der Waals surface area contributed by atoms with Crippen LogP contribution in [-0.2, 0) is 42.8 Å². The Bertz CT molecular complexity index is 1270. The van der Waals surface area contributed by atoms with Crippen LogP contribution in [0.15, 0.2) is 49.1 Å². The van der Waals surface area contributed by atoms with Crippen molar-refractivity contribution >= 4 is 5.97 Å². The summed E-state index contributed by atoms with van der Waals surface area (Å²) in [6, 6.07) is 8.72.